The zero-order valence-corrected chi connectivity index (χ0v) is 17.1. The van der Waals surface area contributed by atoms with Crippen LogP contribution in [0.1, 0.15) is 35.2 Å². The first kappa shape index (κ1) is 19.6. The number of nitrogens with zero attached hydrogens (tertiary/aromatic N) is 6. The molecular formula is C19H22N6O3S. The Balaban J connectivity index is 1.39. The van der Waals surface area contributed by atoms with Gasteiger partial charge >= 0.3 is 0 Å². The van der Waals surface area contributed by atoms with E-state index in [2.05, 4.69) is 39.4 Å². The summed E-state index contributed by atoms with van der Waals surface area (Å²) in [5, 5.41) is 12.9. The number of hydrogen-bond acceptors (Lipinski definition) is 8. The Kier molecular flexibility index (Phi) is 5.91. The van der Waals surface area contributed by atoms with Gasteiger partial charge in [0.05, 0.1) is 19.6 Å². The van der Waals surface area contributed by atoms with Crippen molar-refractivity contribution in [3.8, 4) is 0 Å². The van der Waals surface area contributed by atoms with Gasteiger partial charge in [0, 0.05) is 18.8 Å². The summed E-state index contributed by atoms with van der Waals surface area (Å²) in [5.41, 5.74) is 2.13. The molecule has 1 aliphatic heterocycles. The molecule has 0 saturated carbocycles. The Labute approximate surface area is 172 Å². The normalized spacial score (nSPS) is 18.0. The zero-order valence-electron chi connectivity index (χ0n) is 16.3. The number of ether oxygens (including phenoxy) is 1. The standard InChI is InChI=1S/C19H22N6O3S/c1-13(29-19-22-21-11-24(19)2)15-5-3-4-14(8-15)9-17(26)25-6-7-27-16(10-25)18-20-12-28-23-18/h3-5,8,11-13,16H,6-7,9-10H2,1-2H3/t13-,16?/m0/s1. The van der Waals surface area contributed by atoms with E-state index < -0.39 is 0 Å². The topological polar surface area (TPSA) is 99.2 Å². The van der Waals surface area contributed by atoms with Crippen molar-refractivity contribution < 1.29 is 14.1 Å². The van der Waals surface area contributed by atoms with E-state index in [4.69, 9.17) is 9.26 Å². The number of hydrogen-bond donors (Lipinski definition) is 0. The molecule has 29 heavy (non-hydrogen) atoms. The van der Waals surface area contributed by atoms with Gasteiger partial charge in [0.2, 0.25) is 18.1 Å². The van der Waals surface area contributed by atoms with Crippen molar-refractivity contribution in [1.82, 2.24) is 29.8 Å². The number of carbonyl (C=O) groups is 1. The molecule has 1 aliphatic rings. The Bertz CT molecular complexity index is 961. The van der Waals surface area contributed by atoms with Crippen molar-refractivity contribution >= 4 is 17.7 Å². The lowest BCUT2D eigenvalue weighted by atomic mass is 10.1. The molecule has 0 aliphatic carbocycles. The molecule has 10 heteroatoms. The first-order valence-electron chi connectivity index (χ1n) is 9.35. The van der Waals surface area contributed by atoms with E-state index >= 15 is 0 Å². The summed E-state index contributed by atoms with van der Waals surface area (Å²) in [6.45, 7) is 3.57. The van der Waals surface area contributed by atoms with Crippen molar-refractivity contribution in [1.29, 1.82) is 0 Å². The van der Waals surface area contributed by atoms with Crippen molar-refractivity contribution in [3.63, 3.8) is 0 Å². The third-order valence-corrected chi connectivity index (χ3v) is 6.02. The van der Waals surface area contributed by atoms with Gasteiger partial charge in [0.1, 0.15) is 12.4 Å². The predicted molar refractivity (Wildman–Crippen MR) is 105 cm³/mol. The minimum absolute atomic E-state index is 0.0625. The molecule has 0 spiro atoms. The quantitative estimate of drug-likeness (QED) is 0.566. The molecule has 1 amide bonds. The number of aromatic nitrogens is 5. The van der Waals surface area contributed by atoms with Gasteiger partial charge in [-0.2, -0.15) is 4.98 Å². The number of amides is 1. The van der Waals surface area contributed by atoms with Crippen LogP contribution < -0.4 is 0 Å². The predicted octanol–water partition coefficient (Wildman–Crippen LogP) is 2.19. The largest absolute Gasteiger partial charge is 0.366 e. The van der Waals surface area contributed by atoms with E-state index in [1.807, 2.05) is 23.7 Å². The van der Waals surface area contributed by atoms with Crippen LogP contribution in [-0.4, -0.2) is 55.4 Å². The van der Waals surface area contributed by atoms with Crippen LogP contribution in [0.2, 0.25) is 0 Å². The van der Waals surface area contributed by atoms with Crippen LogP contribution in [-0.2, 0) is 23.0 Å². The molecule has 0 N–H and O–H groups in total. The third-order valence-electron chi connectivity index (χ3n) is 4.81. The van der Waals surface area contributed by atoms with Crippen molar-refractivity contribution in [2.45, 2.75) is 29.9 Å². The van der Waals surface area contributed by atoms with Crippen LogP contribution in [0.15, 0.2) is 46.7 Å². The van der Waals surface area contributed by atoms with Crippen molar-refractivity contribution in [2.75, 3.05) is 19.7 Å². The van der Waals surface area contributed by atoms with Gasteiger partial charge in [-0.25, -0.2) is 0 Å². The van der Waals surface area contributed by atoms with Crippen LogP contribution in [0.4, 0.5) is 0 Å². The lowest BCUT2D eigenvalue weighted by Gasteiger charge is -2.31. The van der Waals surface area contributed by atoms with E-state index in [-0.39, 0.29) is 17.3 Å². The van der Waals surface area contributed by atoms with Crippen molar-refractivity contribution in [2.24, 2.45) is 7.05 Å². The third kappa shape index (κ3) is 4.65. The first-order valence-corrected chi connectivity index (χ1v) is 10.2. The molecule has 1 unspecified atom stereocenters. The fourth-order valence-corrected chi connectivity index (χ4v) is 4.11. The monoisotopic (exact) mass is 414 g/mol. The van der Waals surface area contributed by atoms with E-state index in [1.54, 1.807) is 23.0 Å². The Morgan fingerprint density at radius 3 is 3.07 bits per heavy atom. The average molecular weight is 414 g/mol. The smallest absolute Gasteiger partial charge is 0.227 e. The van der Waals surface area contributed by atoms with Crippen LogP contribution in [0.5, 0.6) is 0 Å². The van der Waals surface area contributed by atoms with Crippen LogP contribution in [0.3, 0.4) is 0 Å². The highest BCUT2D eigenvalue weighted by Crippen LogP contribution is 2.33. The molecule has 152 valence electrons. The molecule has 1 saturated heterocycles. The molecule has 3 heterocycles. The second-order valence-corrected chi connectivity index (χ2v) is 8.20. The maximum Gasteiger partial charge on any atom is 0.227 e. The summed E-state index contributed by atoms with van der Waals surface area (Å²) >= 11 is 1.64. The fourth-order valence-electron chi connectivity index (χ4n) is 3.20. The van der Waals surface area contributed by atoms with Gasteiger partial charge in [-0.1, -0.05) is 41.2 Å². The Morgan fingerprint density at radius 2 is 2.31 bits per heavy atom. The summed E-state index contributed by atoms with van der Waals surface area (Å²) in [7, 11) is 1.92. The van der Waals surface area contributed by atoms with Crippen LogP contribution in [0, 0.1) is 0 Å². The van der Waals surface area contributed by atoms with Crippen LogP contribution >= 0.6 is 11.8 Å². The molecular weight excluding hydrogens is 392 g/mol. The summed E-state index contributed by atoms with van der Waals surface area (Å²) in [6, 6.07) is 8.14. The number of rotatable bonds is 6. The SMILES string of the molecule is C[C@H](Sc1nncn1C)c1cccc(CC(=O)N2CCOC(c3ncon3)C2)c1. The highest BCUT2D eigenvalue weighted by atomic mass is 32.2. The molecule has 2 atom stereocenters. The van der Waals surface area contributed by atoms with Gasteiger partial charge in [0.25, 0.3) is 0 Å². The number of aryl methyl sites for hydroxylation is 1. The second-order valence-electron chi connectivity index (χ2n) is 6.89. The minimum atomic E-state index is -0.347. The summed E-state index contributed by atoms with van der Waals surface area (Å²) < 4.78 is 12.3. The van der Waals surface area contributed by atoms with E-state index in [0.717, 1.165) is 16.3 Å². The molecule has 9 nitrogen and oxygen atoms in total. The Hall–Kier alpha value is -2.72. The van der Waals surface area contributed by atoms with E-state index in [1.165, 1.54) is 6.39 Å². The molecule has 0 radical (unpaired) electrons. The highest BCUT2D eigenvalue weighted by Gasteiger charge is 2.28. The average Bonchev–Trinajstić information content (AvgIpc) is 3.41. The Morgan fingerprint density at radius 1 is 1.41 bits per heavy atom. The summed E-state index contributed by atoms with van der Waals surface area (Å²) in [4.78, 5) is 18.7. The minimum Gasteiger partial charge on any atom is -0.366 e. The van der Waals surface area contributed by atoms with Gasteiger partial charge in [-0.15, -0.1) is 10.2 Å². The summed E-state index contributed by atoms with van der Waals surface area (Å²) in [6.07, 6.45) is 2.95. The lowest BCUT2D eigenvalue weighted by molar-refractivity contribution is -0.138. The maximum absolute atomic E-state index is 12.8. The van der Waals surface area contributed by atoms with Crippen molar-refractivity contribution in [3.05, 3.63) is 53.9 Å². The zero-order chi connectivity index (χ0) is 20.2. The fraction of sp³-hybridized carbons (Fsp3) is 0.421. The van der Waals surface area contributed by atoms with Gasteiger partial charge in [-0.05, 0) is 18.1 Å². The highest BCUT2D eigenvalue weighted by molar-refractivity contribution is 7.99. The molecule has 3 aromatic rings. The van der Waals surface area contributed by atoms with Gasteiger partial charge in [-0.3, -0.25) is 4.79 Å². The lowest BCUT2D eigenvalue weighted by Crippen LogP contribution is -2.43. The molecule has 1 aromatic carbocycles. The maximum atomic E-state index is 12.8. The van der Waals surface area contributed by atoms with Gasteiger partial charge < -0.3 is 18.7 Å². The number of morpholine rings is 1. The number of benzene rings is 1. The van der Waals surface area contributed by atoms with E-state index in [9.17, 15) is 4.79 Å². The van der Waals surface area contributed by atoms with Crippen LogP contribution in [0.25, 0.3) is 0 Å². The first-order chi connectivity index (χ1) is 14.1. The molecule has 0 bridgehead atoms. The molecule has 2 aromatic heterocycles. The molecule has 4 rings (SSSR count). The number of thioether (sulfide) groups is 1. The second kappa shape index (κ2) is 8.75. The number of carbonyl (C=O) groups excluding carboxylic acids is 1. The van der Waals surface area contributed by atoms with E-state index in [0.29, 0.717) is 31.9 Å². The summed E-state index contributed by atoms with van der Waals surface area (Å²) in [5.74, 6) is 0.534. The van der Waals surface area contributed by atoms with Gasteiger partial charge in [0.15, 0.2) is 5.16 Å². The molecule has 1 fully saturated rings.